The molecule has 174 valence electrons. The molecule has 0 atom stereocenters. The monoisotopic (exact) mass is 505 g/mol. The van der Waals surface area contributed by atoms with Gasteiger partial charge in [-0.15, -0.1) is 0 Å². The summed E-state index contributed by atoms with van der Waals surface area (Å²) in [6.07, 6.45) is 1.29. The highest BCUT2D eigenvalue weighted by Crippen LogP contribution is 2.20. The van der Waals surface area contributed by atoms with Crippen LogP contribution in [0.5, 0.6) is 0 Å². The molecule has 4 aromatic rings. The lowest BCUT2D eigenvalue weighted by molar-refractivity contribution is -0.136. The number of hydrogen-bond donors (Lipinski definition) is 3. The predicted octanol–water partition coefficient (Wildman–Crippen LogP) is 4.88. The van der Waals surface area contributed by atoms with Gasteiger partial charge in [0, 0.05) is 21.7 Å². The van der Waals surface area contributed by atoms with Crippen LogP contribution in [0.2, 0.25) is 10.2 Å². The Labute approximate surface area is 210 Å². The van der Waals surface area contributed by atoms with Crippen LogP contribution in [0.4, 0.5) is 11.4 Å². The van der Waals surface area contributed by atoms with Gasteiger partial charge in [-0.05, 0) is 48.5 Å². The van der Waals surface area contributed by atoms with Gasteiger partial charge in [-0.25, -0.2) is 10.4 Å². The number of para-hydroxylation sites is 2. The molecule has 0 bridgehead atoms. The van der Waals surface area contributed by atoms with E-state index >= 15 is 0 Å². The number of anilines is 2. The highest BCUT2D eigenvalue weighted by molar-refractivity contribution is 6.40. The molecule has 10 heteroatoms. The number of amides is 3. The topological polar surface area (TPSA) is 113 Å². The molecule has 1 heterocycles. The summed E-state index contributed by atoms with van der Waals surface area (Å²) in [4.78, 5) is 41.6. The summed E-state index contributed by atoms with van der Waals surface area (Å²) in [6, 6.07) is 22.0. The fourth-order valence-electron chi connectivity index (χ4n) is 3.11. The van der Waals surface area contributed by atoms with E-state index < -0.39 is 17.7 Å². The van der Waals surface area contributed by atoms with Gasteiger partial charge in [0.15, 0.2) is 0 Å². The Morgan fingerprint density at radius 2 is 1.54 bits per heavy atom. The molecule has 0 aliphatic carbocycles. The molecule has 3 amide bonds. The summed E-state index contributed by atoms with van der Waals surface area (Å²) < 4.78 is 0. The van der Waals surface area contributed by atoms with E-state index in [4.69, 9.17) is 23.2 Å². The zero-order chi connectivity index (χ0) is 24.8. The number of carbonyl (C=O) groups is 3. The predicted molar refractivity (Wildman–Crippen MR) is 137 cm³/mol. The number of aromatic nitrogens is 1. The van der Waals surface area contributed by atoms with Gasteiger partial charge in [-0.2, -0.15) is 5.10 Å². The van der Waals surface area contributed by atoms with Crippen LogP contribution in [-0.2, 0) is 9.59 Å². The van der Waals surface area contributed by atoms with Gasteiger partial charge in [-0.3, -0.25) is 14.4 Å². The Balaban J connectivity index is 1.41. The van der Waals surface area contributed by atoms with E-state index in [0.29, 0.717) is 16.3 Å². The summed E-state index contributed by atoms with van der Waals surface area (Å²) in [5.41, 5.74) is 4.17. The lowest BCUT2D eigenvalue weighted by Crippen LogP contribution is -2.33. The zero-order valence-electron chi connectivity index (χ0n) is 18.0. The maximum absolute atomic E-state index is 12.7. The van der Waals surface area contributed by atoms with Crippen molar-refractivity contribution in [2.45, 2.75) is 0 Å². The molecule has 0 spiro atoms. The molecule has 3 N–H and O–H groups in total. The van der Waals surface area contributed by atoms with Crippen molar-refractivity contribution in [1.82, 2.24) is 10.4 Å². The average molecular weight is 506 g/mol. The van der Waals surface area contributed by atoms with Crippen molar-refractivity contribution in [3.63, 3.8) is 0 Å². The SMILES string of the molecule is O=C(N/N=C/c1cc2ccccc2nc1Cl)C(=O)Nc1ccccc1C(=O)Nc1ccc(Cl)cc1. The Hall–Kier alpha value is -4.27. The van der Waals surface area contributed by atoms with Crippen molar-refractivity contribution < 1.29 is 14.4 Å². The quantitative estimate of drug-likeness (QED) is 0.155. The molecule has 0 saturated heterocycles. The van der Waals surface area contributed by atoms with Gasteiger partial charge in [-0.1, -0.05) is 53.5 Å². The summed E-state index contributed by atoms with van der Waals surface area (Å²) in [7, 11) is 0. The number of pyridine rings is 1. The Kier molecular flexibility index (Phi) is 7.35. The fraction of sp³-hybridized carbons (Fsp3) is 0. The Morgan fingerprint density at radius 1 is 0.829 bits per heavy atom. The maximum atomic E-state index is 12.7. The largest absolute Gasteiger partial charge is 0.329 e. The molecular weight excluding hydrogens is 489 g/mol. The molecule has 3 aromatic carbocycles. The second-order valence-electron chi connectivity index (χ2n) is 7.22. The van der Waals surface area contributed by atoms with Crippen LogP contribution in [0.15, 0.2) is 84.0 Å². The third-order valence-electron chi connectivity index (χ3n) is 4.80. The number of carbonyl (C=O) groups excluding carboxylic acids is 3. The van der Waals surface area contributed by atoms with E-state index in [1.165, 1.54) is 18.3 Å². The molecule has 0 aliphatic heterocycles. The molecular formula is C25H17Cl2N5O3. The van der Waals surface area contributed by atoms with Crippen molar-refractivity contribution in [2.24, 2.45) is 5.10 Å². The number of halogens is 2. The number of nitrogens with zero attached hydrogens (tertiary/aromatic N) is 2. The minimum absolute atomic E-state index is 0.157. The van der Waals surface area contributed by atoms with Crippen molar-refractivity contribution in [2.75, 3.05) is 10.6 Å². The first-order valence-electron chi connectivity index (χ1n) is 10.3. The number of hydrazone groups is 1. The second-order valence-corrected chi connectivity index (χ2v) is 8.02. The van der Waals surface area contributed by atoms with Crippen LogP contribution in [0.25, 0.3) is 10.9 Å². The van der Waals surface area contributed by atoms with Gasteiger partial charge in [0.25, 0.3) is 5.91 Å². The smallest absolute Gasteiger partial charge is 0.322 e. The van der Waals surface area contributed by atoms with E-state index in [9.17, 15) is 14.4 Å². The van der Waals surface area contributed by atoms with Crippen LogP contribution in [0.3, 0.4) is 0 Å². The summed E-state index contributed by atoms with van der Waals surface area (Å²) in [5.74, 6) is -2.50. The van der Waals surface area contributed by atoms with Crippen molar-refractivity contribution >= 4 is 69.4 Å². The second kappa shape index (κ2) is 10.8. The highest BCUT2D eigenvalue weighted by Gasteiger charge is 2.18. The first kappa shape index (κ1) is 23.9. The van der Waals surface area contributed by atoms with E-state index in [2.05, 4.69) is 26.1 Å². The van der Waals surface area contributed by atoms with Gasteiger partial charge < -0.3 is 10.6 Å². The molecule has 0 aliphatic rings. The summed E-state index contributed by atoms with van der Waals surface area (Å²) in [5, 5.41) is 10.5. The van der Waals surface area contributed by atoms with E-state index in [1.807, 2.05) is 24.3 Å². The highest BCUT2D eigenvalue weighted by atomic mass is 35.5. The minimum Gasteiger partial charge on any atom is -0.322 e. The number of fused-ring (bicyclic) bond motifs is 1. The number of nitrogens with one attached hydrogen (secondary N) is 3. The molecule has 8 nitrogen and oxygen atoms in total. The zero-order valence-corrected chi connectivity index (χ0v) is 19.5. The summed E-state index contributed by atoms with van der Waals surface area (Å²) in [6.45, 7) is 0. The molecule has 4 rings (SSSR count). The Morgan fingerprint density at radius 3 is 2.34 bits per heavy atom. The molecule has 0 saturated carbocycles. The summed E-state index contributed by atoms with van der Waals surface area (Å²) >= 11 is 12.0. The molecule has 1 aromatic heterocycles. The third kappa shape index (κ3) is 6.00. The standard InChI is InChI=1S/C25H17Cl2N5O3/c26-17-9-11-18(12-10-17)29-23(33)19-6-2-4-8-21(19)31-24(34)25(35)32-28-14-16-13-15-5-1-3-7-20(15)30-22(16)27/h1-14H,(H,29,33)(H,31,34)(H,32,35)/b28-14+. The minimum atomic E-state index is -1.03. The first-order valence-corrected chi connectivity index (χ1v) is 11.0. The third-order valence-corrected chi connectivity index (χ3v) is 5.36. The number of hydrogen-bond acceptors (Lipinski definition) is 5. The van der Waals surface area contributed by atoms with Crippen LogP contribution < -0.4 is 16.1 Å². The average Bonchev–Trinajstić information content (AvgIpc) is 2.86. The first-order chi connectivity index (χ1) is 16.9. The molecule has 0 radical (unpaired) electrons. The lowest BCUT2D eigenvalue weighted by Gasteiger charge is -2.11. The van der Waals surface area contributed by atoms with Crippen LogP contribution in [0, 0.1) is 0 Å². The van der Waals surface area contributed by atoms with Crippen molar-refractivity contribution in [3.8, 4) is 0 Å². The fourth-order valence-corrected chi connectivity index (χ4v) is 3.43. The van der Waals surface area contributed by atoms with E-state index in [0.717, 1.165) is 10.9 Å². The Bertz CT molecular complexity index is 1460. The number of rotatable bonds is 5. The molecule has 0 fully saturated rings. The number of benzene rings is 3. The van der Waals surface area contributed by atoms with Gasteiger partial charge in [0.05, 0.1) is 23.0 Å². The van der Waals surface area contributed by atoms with Crippen molar-refractivity contribution in [1.29, 1.82) is 0 Å². The van der Waals surface area contributed by atoms with Crippen molar-refractivity contribution in [3.05, 3.63) is 100 Å². The van der Waals surface area contributed by atoms with E-state index in [1.54, 1.807) is 42.5 Å². The normalized spacial score (nSPS) is 10.8. The lowest BCUT2D eigenvalue weighted by atomic mass is 10.1. The molecule has 0 unspecified atom stereocenters. The van der Waals surface area contributed by atoms with Crippen LogP contribution in [-0.4, -0.2) is 28.9 Å². The van der Waals surface area contributed by atoms with Gasteiger partial charge >= 0.3 is 11.8 Å². The van der Waals surface area contributed by atoms with Crippen LogP contribution in [0.1, 0.15) is 15.9 Å². The van der Waals surface area contributed by atoms with Crippen LogP contribution >= 0.6 is 23.2 Å². The van der Waals surface area contributed by atoms with Gasteiger partial charge in [0.2, 0.25) is 0 Å². The van der Waals surface area contributed by atoms with Gasteiger partial charge in [0.1, 0.15) is 5.15 Å². The van der Waals surface area contributed by atoms with E-state index in [-0.39, 0.29) is 16.4 Å². The molecule has 35 heavy (non-hydrogen) atoms. The maximum Gasteiger partial charge on any atom is 0.329 e.